The SMILES string of the molecule is Cc1c(C(=O)OC(C)(C)C)ccc2c1CC[C@@H]2NC(=O)c1nc(C(=O)O)n2nccc2n1. The molecule has 2 heterocycles. The summed E-state index contributed by atoms with van der Waals surface area (Å²) in [5.74, 6) is -2.91. The zero-order valence-electron chi connectivity index (χ0n) is 18.2. The van der Waals surface area contributed by atoms with Gasteiger partial charge in [0.15, 0.2) is 5.65 Å². The first-order chi connectivity index (χ1) is 15.0. The molecule has 0 aliphatic heterocycles. The van der Waals surface area contributed by atoms with Crippen molar-refractivity contribution in [2.75, 3.05) is 0 Å². The number of nitrogens with zero attached hydrogens (tertiary/aromatic N) is 4. The quantitative estimate of drug-likeness (QED) is 0.594. The van der Waals surface area contributed by atoms with Crippen LogP contribution in [0.15, 0.2) is 24.4 Å². The van der Waals surface area contributed by atoms with Crippen molar-refractivity contribution < 1.29 is 24.2 Å². The van der Waals surface area contributed by atoms with Crippen LogP contribution in [0.25, 0.3) is 5.65 Å². The standard InChI is InChI=1S/C22H23N5O5/c1-11-12-7-8-15(14(12)6-5-13(11)21(31)32-22(2,3)4)24-19(28)17-25-16-9-10-23-27(16)18(26-17)20(29)30/h5-6,9-10,15H,7-8H2,1-4H3,(H,24,28)(H,29,30)/t15-/m0/s1. The second kappa shape index (κ2) is 7.70. The number of carbonyl (C=O) groups excluding carboxylic acids is 2. The van der Waals surface area contributed by atoms with Gasteiger partial charge in [0.1, 0.15) is 5.60 Å². The summed E-state index contributed by atoms with van der Waals surface area (Å²) in [5, 5.41) is 16.1. The molecule has 0 bridgehead atoms. The van der Waals surface area contributed by atoms with Gasteiger partial charge in [0, 0.05) is 6.07 Å². The number of rotatable bonds is 4. The molecule has 2 aromatic heterocycles. The maximum absolute atomic E-state index is 12.8. The largest absolute Gasteiger partial charge is 0.475 e. The van der Waals surface area contributed by atoms with Gasteiger partial charge in [-0.15, -0.1) is 0 Å². The smallest absolute Gasteiger partial charge is 0.374 e. The zero-order chi connectivity index (χ0) is 23.2. The summed E-state index contributed by atoms with van der Waals surface area (Å²) in [7, 11) is 0. The van der Waals surface area contributed by atoms with Crippen molar-refractivity contribution in [3.8, 4) is 0 Å². The Bertz CT molecular complexity index is 1260. The Morgan fingerprint density at radius 1 is 1.19 bits per heavy atom. The molecule has 0 saturated heterocycles. The van der Waals surface area contributed by atoms with Crippen LogP contribution in [0.5, 0.6) is 0 Å². The topological polar surface area (TPSA) is 136 Å². The molecule has 166 valence electrons. The summed E-state index contributed by atoms with van der Waals surface area (Å²) in [5.41, 5.74) is 2.87. The number of carboxylic acids is 1. The zero-order valence-corrected chi connectivity index (χ0v) is 18.2. The van der Waals surface area contributed by atoms with Crippen LogP contribution in [0.1, 0.15) is 81.5 Å². The number of nitrogens with one attached hydrogen (secondary N) is 1. The molecule has 0 radical (unpaired) electrons. The number of ether oxygens (including phenoxy) is 1. The molecule has 0 unspecified atom stereocenters. The average Bonchev–Trinajstić information content (AvgIpc) is 3.33. The van der Waals surface area contributed by atoms with E-state index in [1.54, 1.807) is 6.07 Å². The van der Waals surface area contributed by atoms with Crippen molar-refractivity contribution >= 4 is 23.5 Å². The Labute approximate surface area is 183 Å². The number of aromatic carboxylic acids is 1. The molecule has 1 aliphatic carbocycles. The van der Waals surface area contributed by atoms with E-state index in [1.807, 2.05) is 33.8 Å². The summed E-state index contributed by atoms with van der Waals surface area (Å²) in [4.78, 5) is 44.8. The Morgan fingerprint density at radius 3 is 2.62 bits per heavy atom. The molecule has 10 nitrogen and oxygen atoms in total. The Morgan fingerprint density at radius 2 is 1.94 bits per heavy atom. The molecular weight excluding hydrogens is 414 g/mol. The van der Waals surface area contributed by atoms with Crippen LogP contribution in [0, 0.1) is 6.92 Å². The van der Waals surface area contributed by atoms with E-state index in [0.29, 0.717) is 18.4 Å². The minimum Gasteiger partial charge on any atom is -0.475 e. The highest BCUT2D eigenvalue weighted by molar-refractivity contribution is 5.94. The number of esters is 1. The Balaban J connectivity index is 1.59. The fourth-order valence-electron chi connectivity index (χ4n) is 3.87. The lowest BCUT2D eigenvalue weighted by Crippen LogP contribution is -2.30. The molecule has 0 saturated carbocycles. The number of amides is 1. The molecule has 2 N–H and O–H groups in total. The van der Waals surface area contributed by atoms with Gasteiger partial charge < -0.3 is 15.2 Å². The van der Waals surface area contributed by atoms with E-state index in [4.69, 9.17) is 4.74 Å². The first-order valence-corrected chi connectivity index (χ1v) is 10.2. The van der Waals surface area contributed by atoms with Gasteiger partial charge in [-0.05, 0) is 63.3 Å². The molecule has 32 heavy (non-hydrogen) atoms. The molecule has 0 fully saturated rings. The minimum absolute atomic E-state index is 0.215. The third kappa shape index (κ3) is 3.91. The van der Waals surface area contributed by atoms with Crippen LogP contribution in [0.4, 0.5) is 0 Å². The first-order valence-electron chi connectivity index (χ1n) is 10.2. The fourth-order valence-corrected chi connectivity index (χ4v) is 3.87. The molecule has 4 rings (SSSR count). The first kappa shape index (κ1) is 21.4. The Hall–Kier alpha value is -3.82. The summed E-state index contributed by atoms with van der Waals surface area (Å²) < 4.78 is 6.55. The molecule has 10 heteroatoms. The maximum Gasteiger partial charge on any atom is 0.374 e. The summed E-state index contributed by atoms with van der Waals surface area (Å²) in [6, 6.07) is 4.73. The van der Waals surface area contributed by atoms with Gasteiger partial charge in [-0.1, -0.05) is 6.07 Å². The van der Waals surface area contributed by atoms with Crippen LogP contribution >= 0.6 is 0 Å². The van der Waals surface area contributed by atoms with Crippen LogP contribution in [-0.2, 0) is 11.2 Å². The van der Waals surface area contributed by atoms with Crippen molar-refractivity contribution in [2.45, 2.75) is 52.2 Å². The average molecular weight is 437 g/mol. The molecular formula is C22H23N5O5. The fraction of sp³-hybridized carbons (Fsp3) is 0.364. The third-order valence-corrected chi connectivity index (χ3v) is 5.27. The maximum atomic E-state index is 12.8. The minimum atomic E-state index is -1.31. The van der Waals surface area contributed by atoms with E-state index in [2.05, 4.69) is 20.4 Å². The normalized spacial score (nSPS) is 15.4. The number of benzene rings is 1. The number of fused-ring (bicyclic) bond motifs is 2. The van der Waals surface area contributed by atoms with Gasteiger partial charge in [-0.25, -0.2) is 14.6 Å². The second-order valence-electron chi connectivity index (χ2n) is 8.65. The third-order valence-electron chi connectivity index (χ3n) is 5.27. The lowest BCUT2D eigenvalue weighted by atomic mass is 9.97. The van der Waals surface area contributed by atoms with Crippen molar-refractivity contribution in [1.82, 2.24) is 24.9 Å². The van der Waals surface area contributed by atoms with Crippen molar-refractivity contribution in [2.24, 2.45) is 0 Å². The van der Waals surface area contributed by atoms with Crippen molar-refractivity contribution in [1.29, 1.82) is 0 Å². The highest BCUT2D eigenvalue weighted by Crippen LogP contribution is 2.35. The van der Waals surface area contributed by atoms with E-state index >= 15 is 0 Å². The molecule has 1 amide bonds. The molecule has 1 aliphatic rings. The van der Waals surface area contributed by atoms with Crippen LogP contribution in [-0.4, -0.2) is 48.1 Å². The number of carboxylic acid groups (broad SMARTS) is 1. The second-order valence-corrected chi connectivity index (χ2v) is 8.65. The summed E-state index contributed by atoms with van der Waals surface area (Å²) >= 11 is 0. The van der Waals surface area contributed by atoms with Gasteiger partial charge in [-0.2, -0.15) is 14.6 Å². The lowest BCUT2D eigenvalue weighted by molar-refractivity contribution is 0.00682. The van der Waals surface area contributed by atoms with E-state index in [9.17, 15) is 19.5 Å². The highest BCUT2D eigenvalue weighted by atomic mass is 16.6. The van der Waals surface area contributed by atoms with E-state index in [1.165, 1.54) is 12.3 Å². The van der Waals surface area contributed by atoms with Gasteiger partial charge in [0.25, 0.3) is 5.91 Å². The van der Waals surface area contributed by atoms with Crippen molar-refractivity contribution in [3.63, 3.8) is 0 Å². The molecule has 1 aromatic carbocycles. The van der Waals surface area contributed by atoms with Crippen LogP contribution in [0.2, 0.25) is 0 Å². The molecule has 3 aromatic rings. The van der Waals surface area contributed by atoms with E-state index < -0.39 is 23.3 Å². The van der Waals surface area contributed by atoms with Gasteiger partial charge in [0.05, 0.1) is 17.8 Å². The number of carbonyl (C=O) groups is 3. The monoisotopic (exact) mass is 437 g/mol. The van der Waals surface area contributed by atoms with Gasteiger partial charge >= 0.3 is 11.9 Å². The van der Waals surface area contributed by atoms with Gasteiger partial charge in [0.2, 0.25) is 11.6 Å². The van der Waals surface area contributed by atoms with E-state index in [-0.39, 0.29) is 23.5 Å². The number of aromatic nitrogens is 4. The molecule has 0 spiro atoms. The number of hydrogen-bond acceptors (Lipinski definition) is 7. The van der Waals surface area contributed by atoms with Crippen LogP contribution in [0.3, 0.4) is 0 Å². The summed E-state index contributed by atoms with van der Waals surface area (Å²) in [6.07, 6.45) is 2.71. The number of hydrogen-bond donors (Lipinski definition) is 2. The van der Waals surface area contributed by atoms with Gasteiger partial charge in [-0.3, -0.25) is 4.79 Å². The van der Waals surface area contributed by atoms with Crippen LogP contribution < -0.4 is 5.32 Å². The predicted octanol–water partition coefficient (Wildman–Crippen LogP) is 2.50. The van der Waals surface area contributed by atoms with Crippen molar-refractivity contribution in [3.05, 3.63) is 58.3 Å². The summed E-state index contributed by atoms with van der Waals surface area (Å²) in [6.45, 7) is 7.33. The lowest BCUT2D eigenvalue weighted by Gasteiger charge is -2.21. The Kier molecular flexibility index (Phi) is 5.15. The van der Waals surface area contributed by atoms with E-state index in [0.717, 1.165) is 21.2 Å². The highest BCUT2D eigenvalue weighted by Gasteiger charge is 2.30. The molecule has 1 atom stereocenters. The predicted molar refractivity (Wildman–Crippen MR) is 113 cm³/mol.